The smallest absolute Gasteiger partial charge is 0.235 e. The van der Waals surface area contributed by atoms with Crippen molar-refractivity contribution in [1.29, 1.82) is 0 Å². The molecule has 1 aromatic rings. The Hall–Kier alpha value is -1.07. The fourth-order valence-electron chi connectivity index (χ4n) is 1.90. The summed E-state index contributed by atoms with van der Waals surface area (Å²) in [7, 11) is -3.24. The van der Waals surface area contributed by atoms with Gasteiger partial charge in [-0.2, -0.15) is 0 Å². The van der Waals surface area contributed by atoms with E-state index in [1.807, 2.05) is 38.1 Å². The standard InChI is InChI=1S/C13H22N2O2S/c1-3-15(13-9-5-4-8-12(13)2)18(16,17)11-7-6-10-14/h4-5,8-9H,3,6-7,10-11,14H2,1-2H3. The molecule has 5 heteroatoms. The number of aryl methyl sites for hydroxylation is 1. The van der Waals surface area contributed by atoms with Crippen LogP contribution in [0, 0.1) is 6.92 Å². The molecule has 2 N–H and O–H groups in total. The van der Waals surface area contributed by atoms with Crippen molar-refractivity contribution in [3.05, 3.63) is 29.8 Å². The highest BCUT2D eigenvalue weighted by Crippen LogP contribution is 2.22. The Morgan fingerprint density at radius 2 is 1.89 bits per heavy atom. The van der Waals surface area contributed by atoms with Crippen LogP contribution < -0.4 is 10.0 Å². The summed E-state index contributed by atoms with van der Waals surface area (Å²) in [5.74, 6) is 0.159. The second-order valence-electron chi connectivity index (χ2n) is 4.26. The zero-order chi connectivity index (χ0) is 13.6. The second-order valence-corrected chi connectivity index (χ2v) is 6.28. The third kappa shape index (κ3) is 3.71. The zero-order valence-electron chi connectivity index (χ0n) is 11.1. The summed E-state index contributed by atoms with van der Waals surface area (Å²) >= 11 is 0. The van der Waals surface area contributed by atoms with Gasteiger partial charge in [0.2, 0.25) is 10.0 Å². The molecule has 1 rings (SSSR count). The van der Waals surface area contributed by atoms with Gasteiger partial charge >= 0.3 is 0 Å². The normalized spacial score (nSPS) is 11.5. The summed E-state index contributed by atoms with van der Waals surface area (Å²) in [6.45, 7) is 4.77. The van der Waals surface area contributed by atoms with Gasteiger partial charge in [0, 0.05) is 6.54 Å². The van der Waals surface area contributed by atoms with Crippen molar-refractivity contribution < 1.29 is 8.42 Å². The number of hydrogen-bond donors (Lipinski definition) is 1. The van der Waals surface area contributed by atoms with Gasteiger partial charge in [0.15, 0.2) is 0 Å². The third-order valence-electron chi connectivity index (χ3n) is 2.86. The molecular weight excluding hydrogens is 248 g/mol. The van der Waals surface area contributed by atoms with Crippen LogP contribution in [0.15, 0.2) is 24.3 Å². The van der Waals surface area contributed by atoms with Gasteiger partial charge in [0.25, 0.3) is 0 Å². The van der Waals surface area contributed by atoms with E-state index in [0.29, 0.717) is 19.5 Å². The SMILES string of the molecule is CCN(c1ccccc1C)S(=O)(=O)CCCCN. The predicted molar refractivity (Wildman–Crippen MR) is 76.3 cm³/mol. The van der Waals surface area contributed by atoms with Gasteiger partial charge in [0.1, 0.15) is 0 Å². The lowest BCUT2D eigenvalue weighted by Gasteiger charge is -2.24. The van der Waals surface area contributed by atoms with Crippen molar-refractivity contribution in [2.75, 3.05) is 23.1 Å². The number of benzene rings is 1. The number of anilines is 1. The van der Waals surface area contributed by atoms with Crippen LogP contribution in [-0.4, -0.2) is 27.3 Å². The summed E-state index contributed by atoms with van der Waals surface area (Å²) in [5.41, 5.74) is 7.14. The first kappa shape index (κ1) is 15.0. The number of unbranched alkanes of at least 4 members (excludes halogenated alkanes) is 1. The van der Waals surface area contributed by atoms with E-state index in [2.05, 4.69) is 0 Å². The lowest BCUT2D eigenvalue weighted by Crippen LogP contribution is -2.33. The van der Waals surface area contributed by atoms with Gasteiger partial charge in [-0.3, -0.25) is 4.31 Å². The molecule has 102 valence electrons. The molecule has 0 atom stereocenters. The molecule has 0 aliphatic rings. The van der Waals surface area contributed by atoms with Crippen molar-refractivity contribution in [3.63, 3.8) is 0 Å². The predicted octanol–water partition coefficient (Wildman–Crippen LogP) is 1.89. The van der Waals surface area contributed by atoms with E-state index in [4.69, 9.17) is 5.73 Å². The summed E-state index contributed by atoms with van der Waals surface area (Å²) in [5, 5.41) is 0. The highest BCUT2D eigenvalue weighted by molar-refractivity contribution is 7.92. The lowest BCUT2D eigenvalue weighted by molar-refractivity contribution is 0.587. The molecule has 1 aromatic carbocycles. The Morgan fingerprint density at radius 1 is 1.22 bits per heavy atom. The maximum absolute atomic E-state index is 12.3. The highest BCUT2D eigenvalue weighted by atomic mass is 32.2. The molecule has 0 bridgehead atoms. The Kier molecular flexibility index (Phi) is 5.62. The van der Waals surface area contributed by atoms with Crippen molar-refractivity contribution in [2.24, 2.45) is 5.73 Å². The van der Waals surface area contributed by atoms with E-state index >= 15 is 0 Å². The average molecular weight is 270 g/mol. The van der Waals surface area contributed by atoms with E-state index in [0.717, 1.165) is 17.7 Å². The average Bonchev–Trinajstić information content (AvgIpc) is 2.32. The summed E-state index contributed by atoms with van der Waals surface area (Å²) in [6, 6.07) is 7.54. The zero-order valence-corrected chi connectivity index (χ0v) is 11.9. The first-order chi connectivity index (χ1) is 8.53. The monoisotopic (exact) mass is 270 g/mol. The van der Waals surface area contributed by atoms with Crippen molar-refractivity contribution in [2.45, 2.75) is 26.7 Å². The third-order valence-corrected chi connectivity index (χ3v) is 4.79. The van der Waals surface area contributed by atoms with Gasteiger partial charge in [0.05, 0.1) is 11.4 Å². The van der Waals surface area contributed by atoms with Crippen molar-refractivity contribution >= 4 is 15.7 Å². The first-order valence-corrected chi connectivity index (χ1v) is 7.90. The molecule has 0 saturated heterocycles. The number of rotatable bonds is 7. The molecule has 0 unspecified atom stereocenters. The number of hydrogen-bond acceptors (Lipinski definition) is 3. The molecule has 0 heterocycles. The van der Waals surface area contributed by atoms with Gasteiger partial charge in [-0.1, -0.05) is 18.2 Å². The van der Waals surface area contributed by atoms with Crippen molar-refractivity contribution in [1.82, 2.24) is 0 Å². The first-order valence-electron chi connectivity index (χ1n) is 6.29. The van der Waals surface area contributed by atoms with Crippen LogP contribution in [0.5, 0.6) is 0 Å². The topological polar surface area (TPSA) is 63.4 Å². The van der Waals surface area contributed by atoms with Crippen molar-refractivity contribution in [3.8, 4) is 0 Å². The molecule has 0 saturated carbocycles. The van der Waals surface area contributed by atoms with Crippen LogP contribution in [0.25, 0.3) is 0 Å². The number of nitrogens with two attached hydrogens (primary N) is 1. The van der Waals surface area contributed by atoms with Gasteiger partial charge in [-0.15, -0.1) is 0 Å². The molecular formula is C13H22N2O2S. The van der Waals surface area contributed by atoms with Gasteiger partial charge in [-0.05, 0) is 44.9 Å². The summed E-state index contributed by atoms with van der Waals surface area (Å²) in [6.07, 6.45) is 1.35. The van der Waals surface area contributed by atoms with Crippen LogP contribution in [0.4, 0.5) is 5.69 Å². The fraction of sp³-hybridized carbons (Fsp3) is 0.538. The molecule has 18 heavy (non-hydrogen) atoms. The summed E-state index contributed by atoms with van der Waals surface area (Å²) < 4.78 is 26.0. The quantitative estimate of drug-likeness (QED) is 0.770. The number of sulfonamides is 1. The van der Waals surface area contributed by atoms with Crippen LogP contribution in [0.1, 0.15) is 25.3 Å². The van der Waals surface area contributed by atoms with Crippen LogP contribution >= 0.6 is 0 Å². The van der Waals surface area contributed by atoms with Crippen LogP contribution in [0.3, 0.4) is 0 Å². The lowest BCUT2D eigenvalue weighted by atomic mass is 10.2. The number of nitrogens with zero attached hydrogens (tertiary/aromatic N) is 1. The Labute approximate surface area is 110 Å². The van der Waals surface area contributed by atoms with E-state index in [1.54, 1.807) is 0 Å². The van der Waals surface area contributed by atoms with Crippen LogP contribution in [0.2, 0.25) is 0 Å². The van der Waals surface area contributed by atoms with E-state index in [-0.39, 0.29) is 5.75 Å². The molecule has 0 aromatic heterocycles. The van der Waals surface area contributed by atoms with E-state index in [9.17, 15) is 8.42 Å². The molecule has 0 spiro atoms. The maximum atomic E-state index is 12.3. The van der Waals surface area contributed by atoms with Crippen LogP contribution in [-0.2, 0) is 10.0 Å². The van der Waals surface area contributed by atoms with Gasteiger partial charge < -0.3 is 5.73 Å². The second kappa shape index (κ2) is 6.75. The molecule has 0 radical (unpaired) electrons. The fourth-order valence-corrected chi connectivity index (χ4v) is 3.59. The molecule has 0 aliphatic heterocycles. The molecule has 4 nitrogen and oxygen atoms in total. The Morgan fingerprint density at radius 3 is 2.44 bits per heavy atom. The minimum absolute atomic E-state index is 0.159. The van der Waals surface area contributed by atoms with E-state index in [1.165, 1.54) is 4.31 Å². The molecule has 0 amide bonds. The summed E-state index contributed by atoms with van der Waals surface area (Å²) in [4.78, 5) is 0. The molecule has 0 aliphatic carbocycles. The largest absolute Gasteiger partial charge is 0.330 e. The highest BCUT2D eigenvalue weighted by Gasteiger charge is 2.21. The minimum atomic E-state index is -3.24. The molecule has 0 fully saturated rings. The van der Waals surface area contributed by atoms with E-state index < -0.39 is 10.0 Å². The van der Waals surface area contributed by atoms with Gasteiger partial charge in [-0.25, -0.2) is 8.42 Å². The Balaban J connectivity index is 2.93. The number of para-hydroxylation sites is 1. The Bertz CT molecular complexity index is 472. The minimum Gasteiger partial charge on any atom is -0.330 e. The maximum Gasteiger partial charge on any atom is 0.235 e.